The van der Waals surface area contributed by atoms with Crippen LogP contribution in [0, 0.1) is 17.8 Å². The van der Waals surface area contributed by atoms with Crippen molar-refractivity contribution in [3.63, 3.8) is 0 Å². The first-order chi connectivity index (χ1) is 32.5. The summed E-state index contributed by atoms with van der Waals surface area (Å²) in [6.45, 7) is 30.6. The lowest BCUT2D eigenvalue weighted by Gasteiger charge is -2.43. The fraction of sp³-hybridized carbons (Fsp3) is 0.596. The van der Waals surface area contributed by atoms with Gasteiger partial charge in [0.25, 0.3) is 8.32 Å². The van der Waals surface area contributed by atoms with Gasteiger partial charge in [-0.15, -0.1) is 0 Å². The highest BCUT2D eigenvalue weighted by atomic mass is 32.2. The Balaban J connectivity index is 0.969. The molecular weight excluding hydrogens is 903 g/mol. The SMILES string of the molecule is C=C1C[C@H](CCCO[Si](c2ccccc2)(c2ccccc2)C(C)(C)C)OC1CC[C@H]1C[C@@H](C)C(=C)[C@@H](C[C@@H]2O[C@H](C[C@H]3CN(C(=O)OC(C)(C)C)C(C)(C)O3)[C@H](C)[C@H]2CS(=O)(=O)c2ccccc2)O1. The summed E-state index contributed by atoms with van der Waals surface area (Å²) in [7, 11) is -6.24. The van der Waals surface area contributed by atoms with Crippen LogP contribution in [-0.4, -0.2) is 101 Å². The van der Waals surface area contributed by atoms with Crippen LogP contribution in [0.15, 0.2) is 120 Å². The highest BCUT2D eigenvalue weighted by molar-refractivity contribution is 7.91. The molecule has 4 saturated heterocycles. The van der Waals surface area contributed by atoms with Crippen molar-refractivity contribution in [3.05, 3.63) is 115 Å². The van der Waals surface area contributed by atoms with Crippen LogP contribution in [-0.2, 0) is 37.9 Å². The van der Waals surface area contributed by atoms with Crippen molar-refractivity contribution in [1.82, 2.24) is 4.90 Å². The topological polar surface area (TPSA) is 110 Å². The lowest BCUT2D eigenvalue weighted by Crippen LogP contribution is -2.66. The molecule has 1 amide bonds. The fourth-order valence-electron chi connectivity index (χ4n) is 11.4. The molecule has 0 aromatic heterocycles. The number of hydrogen-bond acceptors (Lipinski definition) is 9. The Morgan fingerprint density at radius 1 is 0.768 bits per heavy atom. The van der Waals surface area contributed by atoms with Gasteiger partial charge in [-0.3, -0.25) is 4.90 Å². The van der Waals surface area contributed by atoms with E-state index in [0.717, 1.165) is 49.7 Å². The molecule has 10 atom stereocenters. The largest absolute Gasteiger partial charge is 0.444 e. The minimum atomic E-state index is -3.63. The molecular formula is C57H81NO9SSi. The summed E-state index contributed by atoms with van der Waals surface area (Å²) in [6, 6.07) is 30.3. The molecule has 4 aliphatic rings. The van der Waals surface area contributed by atoms with E-state index in [9.17, 15) is 13.2 Å². The number of carbonyl (C=O) groups excluding carboxylic acids is 1. The van der Waals surface area contributed by atoms with E-state index < -0.39 is 41.7 Å². The number of amides is 1. The normalized spacial score (nSPS) is 28.9. The van der Waals surface area contributed by atoms with Gasteiger partial charge in [0, 0.05) is 25.4 Å². The number of benzene rings is 3. The maximum absolute atomic E-state index is 14.0. The molecule has 0 spiro atoms. The molecule has 1 unspecified atom stereocenters. The van der Waals surface area contributed by atoms with Crippen molar-refractivity contribution < 1.29 is 41.3 Å². The second-order valence-electron chi connectivity index (χ2n) is 22.9. The maximum atomic E-state index is 14.0. The van der Waals surface area contributed by atoms with Gasteiger partial charge in [0.2, 0.25) is 0 Å². The molecule has 0 radical (unpaired) electrons. The molecule has 0 aliphatic carbocycles. The standard InChI is InChI=1S/C57H81NO9SSi/c1-39-33-44(30-31-50-40(2)34-43(63-50)23-22-32-62-69(56(8,9)10,47-26-18-14-19-27-47)48-28-20-15-21-29-48)64-52(41(39)3)36-53-49(38-68(60,61)46-24-16-13-17-25-46)42(4)51(65-53)35-45-37-58(57(11,12)66-45)54(59)67-55(5,6)7/h13-21,24-29,39,42-45,49-53H,2-3,22-23,30-38H2,1,4-12H3/t39-,42-,43+,44+,45+,49-,50?,51-,52-,53+/m1/s1. The van der Waals surface area contributed by atoms with E-state index in [1.165, 1.54) is 10.4 Å². The predicted octanol–water partition coefficient (Wildman–Crippen LogP) is 10.8. The van der Waals surface area contributed by atoms with Crippen LogP contribution < -0.4 is 10.4 Å². The Kier molecular flexibility index (Phi) is 16.7. The van der Waals surface area contributed by atoms with Crippen LogP contribution in [0.2, 0.25) is 5.04 Å². The molecule has 0 N–H and O–H groups in total. The molecule has 10 nitrogen and oxygen atoms in total. The second-order valence-corrected chi connectivity index (χ2v) is 29.2. The van der Waals surface area contributed by atoms with Gasteiger partial charge >= 0.3 is 6.09 Å². The van der Waals surface area contributed by atoms with E-state index in [0.29, 0.717) is 30.9 Å². The molecule has 378 valence electrons. The molecule has 4 aliphatic heterocycles. The summed E-state index contributed by atoms with van der Waals surface area (Å²) in [5, 5.41) is 2.51. The van der Waals surface area contributed by atoms with Gasteiger partial charge in [0.1, 0.15) is 11.3 Å². The second kappa shape index (κ2) is 21.6. The van der Waals surface area contributed by atoms with Crippen molar-refractivity contribution in [2.75, 3.05) is 18.9 Å². The molecule has 0 saturated carbocycles. The Bertz CT molecular complexity index is 2270. The number of rotatable bonds is 17. The number of ether oxygens (including phenoxy) is 5. The van der Waals surface area contributed by atoms with E-state index in [-0.39, 0.29) is 65.2 Å². The summed E-state index contributed by atoms with van der Waals surface area (Å²) in [6.07, 6.45) is 4.49. The molecule has 7 rings (SSSR count). The summed E-state index contributed by atoms with van der Waals surface area (Å²) in [5.74, 6) is -0.238. The van der Waals surface area contributed by atoms with Crippen molar-refractivity contribution in [3.8, 4) is 0 Å². The van der Waals surface area contributed by atoms with Crippen LogP contribution >= 0.6 is 0 Å². The Hall–Kier alpha value is -3.62. The third kappa shape index (κ3) is 12.5. The maximum Gasteiger partial charge on any atom is 0.412 e. The number of carbonyl (C=O) groups is 1. The Labute approximate surface area is 415 Å². The average molecular weight is 984 g/mol. The molecule has 0 bridgehead atoms. The highest BCUT2D eigenvalue weighted by Crippen LogP contribution is 2.44. The minimum Gasteiger partial charge on any atom is -0.444 e. The zero-order chi connectivity index (χ0) is 49.9. The first kappa shape index (κ1) is 53.2. The Morgan fingerprint density at radius 3 is 1.96 bits per heavy atom. The van der Waals surface area contributed by atoms with Crippen molar-refractivity contribution >= 4 is 34.6 Å². The third-order valence-corrected chi connectivity index (χ3v) is 22.0. The van der Waals surface area contributed by atoms with Crippen LogP contribution in [0.5, 0.6) is 0 Å². The zero-order valence-corrected chi connectivity index (χ0v) is 45.0. The molecule has 3 aromatic carbocycles. The van der Waals surface area contributed by atoms with E-state index in [2.05, 4.69) is 108 Å². The van der Waals surface area contributed by atoms with Gasteiger partial charge in [-0.05, 0) is 124 Å². The fourth-order valence-corrected chi connectivity index (χ4v) is 17.8. The van der Waals surface area contributed by atoms with E-state index in [1.807, 2.05) is 40.7 Å². The first-order valence-corrected chi connectivity index (χ1v) is 29.1. The average Bonchev–Trinajstić information content (AvgIpc) is 3.90. The molecule has 12 heteroatoms. The van der Waals surface area contributed by atoms with Crippen LogP contribution in [0.4, 0.5) is 4.79 Å². The van der Waals surface area contributed by atoms with Crippen LogP contribution in [0.25, 0.3) is 0 Å². The minimum absolute atomic E-state index is 0.0140. The molecule has 4 fully saturated rings. The summed E-state index contributed by atoms with van der Waals surface area (Å²) >= 11 is 0. The highest BCUT2D eigenvalue weighted by Gasteiger charge is 2.52. The lowest BCUT2D eigenvalue weighted by atomic mass is 9.82. The summed E-state index contributed by atoms with van der Waals surface area (Å²) in [4.78, 5) is 15.2. The zero-order valence-electron chi connectivity index (χ0n) is 43.2. The Morgan fingerprint density at radius 2 is 1.36 bits per heavy atom. The number of hydrogen-bond donors (Lipinski definition) is 0. The van der Waals surface area contributed by atoms with Crippen LogP contribution in [0.1, 0.15) is 121 Å². The van der Waals surface area contributed by atoms with Gasteiger partial charge in [-0.25, -0.2) is 13.2 Å². The van der Waals surface area contributed by atoms with Crippen molar-refractivity contribution in [2.45, 2.75) is 185 Å². The smallest absolute Gasteiger partial charge is 0.412 e. The lowest BCUT2D eigenvalue weighted by molar-refractivity contribution is -0.0948. The van der Waals surface area contributed by atoms with Gasteiger partial charge in [0.05, 0.1) is 59.9 Å². The molecule has 69 heavy (non-hydrogen) atoms. The quantitative estimate of drug-likeness (QED) is 0.0742. The van der Waals surface area contributed by atoms with E-state index >= 15 is 0 Å². The monoisotopic (exact) mass is 984 g/mol. The summed E-state index contributed by atoms with van der Waals surface area (Å²) < 4.78 is 68.0. The number of nitrogens with zero attached hydrogens (tertiary/aromatic N) is 1. The molecule has 4 heterocycles. The third-order valence-electron chi connectivity index (χ3n) is 15.1. The van der Waals surface area contributed by atoms with Gasteiger partial charge in [-0.2, -0.15) is 0 Å². The van der Waals surface area contributed by atoms with E-state index in [1.54, 1.807) is 29.2 Å². The van der Waals surface area contributed by atoms with Crippen molar-refractivity contribution in [2.24, 2.45) is 17.8 Å². The first-order valence-electron chi connectivity index (χ1n) is 25.5. The summed E-state index contributed by atoms with van der Waals surface area (Å²) in [5.41, 5.74) is 0.643. The van der Waals surface area contributed by atoms with Crippen molar-refractivity contribution in [1.29, 1.82) is 0 Å². The molecule has 3 aromatic rings. The van der Waals surface area contributed by atoms with Crippen LogP contribution in [0.3, 0.4) is 0 Å². The van der Waals surface area contributed by atoms with Gasteiger partial charge < -0.3 is 28.1 Å². The predicted molar refractivity (Wildman–Crippen MR) is 277 cm³/mol. The van der Waals surface area contributed by atoms with E-state index in [4.69, 9.17) is 28.1 Å². The number of sulfone groups is 1. The van der Waals surface area contributed by atoms with Gasteiger partial charge in [0.15, 0.2) is 9.84 Å². The van der Waals surface area contributed by atoms with Gasteiger partial charge in [-0.1, -0.05) is 127 Å².